The Hall–Kier alpha value is -2.42. The molecule has 0 aliphatic carbocycles. The van der Waals surface area contributed by atoms with Gasteiger partial charge < -0.3 is 19.3 Å². The van der Waals surface area contributed by atoms with E-state index >= 15 is 0 Å². The number of benzene rings is 1. The van der Waals surface area contributed by atoms with Gasteiger partial charge in [-0.1, -0.05) is 12.6 Å². The van der Waals surface area contributed by atoms with E-state index in [1.807, 2.05) is 18.1 Å². The molecule has 2 aromatic rings. The van der Waals surface area contributed by atoms with E-state index in [1.165, 1.54) is 21.3 Å². The number of carbonyl (C=O) groups is 2. The number of rotatable bonds is 6. The van der Waals surface area contributed by atoms with Gasteiger partial charge in [-0.15, -0.1) is 0 Å². The number of aromatic nitrogens is 1. The number of amides is 1. The van der Waals surface area contributed by atoms with E-state index in [2.05, 4.69) is 52.1 Å². The predicted octanol–water partition coefficient (Wildman–Crippen LogP) is 2.33. The summed E-state index contributed by atoms with van der Waals surface area (Å²) in [5.74, 6) is 0.463. The second-order valence-electron chi connectivity index (χ2n) is 6.58. The van der Waals surface area contributed by atoms with E-state index in [-0.39, 0.29) is 12.5 Å². The number of ether oxygens (including phenoxy) is 1. The number of piperazine rings is 1. The molecule has 1 fully saturated rings. The summed E-state index contributed by atoms with van der Waals surface area (Å²) in [7, 11) is 5.39. The van der Waals surface area contributed by atoms with E-state index in [0.717, 1.165) is 31.6 Å². The van der Waals surface area contributed by atoms with E-state index in [9.17, 15) is 9.59 Å². The number of carbonyl (C=O) groups excluding carboxylic acids is 2. The van der Waals surface area contributed by atoms with Crippen molar-refractivity contribution in [2.75, 3.05) is 53.9 Å². The highest BCUT2D eigenvalue weighted by molar-refractivity contribution is 7.97. The quantitative estimate of drug-likeness (QED) is 0.407. The Morgan fingerprint density at radius 3 is 2.62 bits per heavy atom. The van der Waals surface area contributed by atoms with Crippen LogP contribution in [-0.2, 0) is 9.59 Å². The highest BCUT2D eigenvalue weighted by Crippen LogP contribution is 2.33. The summed E-state index contributed by atoms with van der Waals surface area (Å²) in [6.45, 7) is 7.84. The second kappa shape index (κ2) is 11.5. The van der Waals surface area contributed by atoms with Crippen molar-refractivity contribution in [3.05, 3.63) is 43.1 Å². The standard InChI is InChI=1S/C15H19N3OS.C6H9NO2/c1-17-8-10-18(11-9-17)20-14-5-3-4-13-12(14)6-7-16-15(13)19-2;1-3-6(9)7(2)4-5-8/h3-7H,8-11H2,1-2H3;3,5H,1,4H2,2H3. The van der Waals surface area contributed by atoms with Crippen LogP contribution in [0, 0.1) is 0 Å². The Morgan fingerprint density at radius 2 is 2.00 bits per heavy atom. The van der Waals surface area contributed by atoms with Gasteiger partial charge in [0.2, 0.25) is 11.8 Å². The maximum atomic E-state index is 10.6. The van der Waals surface area contributed by atoms with Gasteiger partial charge in [-0.05, 0) is 43.3 Å². The first-order chi connectivity index (χ1) is 14.0. The molecule has 29 heavy (non-hydrogen) atoms. The molecule has 8 heteroatoms. The van der Waals surface area contributed by atoms with Crippen LogP contribution in [0.25, 0.3) is 10.8 Å². The molecule has 1 aliphatic rings. The topological polar surface area (TPSA) is 66.0 Å². The van der Waals surface area contributed by atoms with Crippen molar-refractivity contribution in [1.82, 2.24) is 19.1 Å². The van der Waals surface area contributed by atoms with Crippen molar-refractivity contribution in [3.63, 3.8) is 0 Å². The fourth-order valence-corrected chi connectivity index (χ4v) is 3.81. The van der Waals surface area contributed by atoms with Crippen LogP contribution in [0.4, 0.5) is 0 Å². The summed E-state index contributed by atoms with van der Waals surface area (Å²) < 4.78 is 7.78. The third kappa shape index (κ3) is 6.56. The first kappa shape index (κ1) is 22.9. The molecular weight excluding hydrogens is 388 g/mol. The van der Waals surface area contributed by atoms with E-state index < -0.39 is 0 Å². The van der Waals surface area contributed by atoms with Gasteiger partial charge >= 0.3 is 0 Å². The van der Waals surface area contributed by atoms with Crippen LogP contribution in [0.1, 0.15) is 0 Å². The largest absolute Gasteiger partial charge is 0.481 e. The van der Waals surface area contributed by atoms with Gasteiger partial charge in [0.1, 0.15) is 6.29 Å². The highest BCUT2D eigenvalue weighted by Gasteiger charge is 2.16. The van der Waals surface area contributed by atoms with Crippen LogP contribution in [0.15, 0.2) is 48.0 Å². The smallest absolute Gasteiger partial charge is 0.246 e. The Balaban J connectivity index is 0.000000284. The first-order valence-corrected chi connectivity index (χ1v) is 10.1. The minimum atomic E-state index is -0.234. The number of methoxy groups -OCH3 is 1. The van der Waals surface area contributed by atoms with Crippen molar-refractivity contribution < 1.29 is 14.3 Å². The molecule has 2 heterocycles. The minimum absolute atomic E-state index is 0.130. The number of hydrogen-bond donors (Lipinski definition) is 0. The van der Waals surface area contributed by atoms with Gasteiger partial charge in [-0.3, -0.25) is 4.79 Å². The second-order valence-corrected chi connectivity index (χ2v) is 7.72. The molecule has 7 nitrogen and oxygen atoms in total. The van der Waals surface area contributed by atoms with Crippen LogP contribution in [0.5, 0.6) is 5.88 Å². The third-order valence-corrected chi connectivity index (χ3v) is 5.69. The summed E-state index contributed by atoms with van der Waals surface area (Å²) in [4.78, 5) is 29.5. The summed E-state index contributed by atoms with van der Waals surface area (Å²) >= 11 is 1.84. The molecule has 156 valence electrons. The van der Waals surface area contributed by atoms with Crippen LogP contribution in [0.2, 0.25) is 0 Å². The molecule has 3 rings (SSSR count). The molecule has 0 atom stereocenters. The lowest BCUT2D eigenvalue weighted by Gasteiger charge is -2.31. The summed E-state index contributed by atoms with van der Waals surface area (Å²) in [6, 6.07) is 8.38. The lowest BCUT2D eigenvalue weighted by atomic mass is 10.2. The first-order valence-electron chi connectivity index (χ1n) is 9.34. The molecular formula is C21H28N4O3S. The molecule has 0 radical (unpaired) electrons. The van der Waals surface area contributed by atoms with Gasteiger partial charge in [0.05, 0.1) is 13.7 Å². The zero-order chi connectivity index (χ0) is 21.2. The summed E-state index contributed by atoms with van der Waals surface area (Å²) in [5.41, 5.74) is 0. The van der Waals surface area contributed by atoms with E-state index in [4.69, 9.17) is 4.74 Å². The number of likely N-dealkylation sites (N-methyl/N-ethyl adjacent to an activating group) is 2. The number of aldehydes is 1. The fourth-order valence-electron chi connectivity index (χ4n) is 2.77. The zero-order valence-electron chi connectivity index (χ0n) is 17.2. The Bertz CT molecular complexity index is 838. The molecule has 0 bridgehead atoms. The lowest BCUT2D eigenvalue weighted by Crippen LogP contribution is -2.40. The average Bonchev–Trinajstić information content (AvgIpc) is 2.75. The van der Waals surface area contributed by atoms with Crippen molar-refractivity contribution >= 4 is 34.9 Å². The molecule has 0 unspecified atom stereocenters. The van der Waals surface area contributed by atoms with Crippen LogP contribution in [0.3, 0.4) is 0 Å². The van der Waals surface area contributed by atoms with Crippen LogP contribution >= 0.6 is 11.9 Å². The molecule has 1 aliphatic heterocycles. The molecule has 1 amide bonds. The number of nitrogens with zero attached hydrogens (tertiary/aromatic N) is 4. The van der Waals surface area contributed by atoms with Crippen molar-refractivity contribution in [2.24, 2.45) is 0 Å². The normalized spacial score (nSPS) is 14.6. The SMILES string of the molecule is C=CC(=O)N(C)CC=O.COc1nccc2c(SN3CCN(C)CC3)cccc12. The van der Waals surface area contributed by atoms with Crippen molar-refractivity contribution in [2.45, 2.75) is 4.90 Å². The maximum absolute atomic E-state index is 10.6. The van der Waals surface area contributed by atoms with Gasteiger partial charge in [0, 0.05) is 55.1 Å². The number of hydrogen-bond acceptors (Lipinski definition) is 7. The zero-order valence-corrected chi connectivity index (χ0v) is 18.0. The maximum Gasteiger partial charge on any atom is 0.246 e. The van der Waals surface area contributed by atoms with Gasteiger partial charge in [0.25, 0.3) is 0 Å². The van der Waals surface area contributed by atoms with Crippen LogP contribution in [-0.4, -0.2) is 85.2 Å². The molecule has 1 aromatic heterocycles. The molecule has 1 saturated heterocycles. The van der Waals surface area contributed by atoms with Crippen LogP contribution < -0.4 is 4.74 Å². The fraction of sp³-hybridized carbons (Fsp3) is 0.381. The van der Waals surface area contributed by atoms with Gasteiger partial charge in [0.15, 0.2) is 0 Å². The van der Waals surface area contributed by atoms with Gasteiger partial charge in [-0.25, -0.2) is 9.29 Å². The highest BCUT2D eigenvalue weighted by atomic mass is 32.2. The van der Waals surface area contributed by atoms with Gasteiger partial charge in [-0.2, -0.15) is 0 Å². The monoisotopic (exact) mass is 416 g/mol. The van der Waals surface area contributed by atoms with E-state index in [0.29, 0.717) is 12.2 Å². The van der Waals surface area contributed by atoms with E-state index in [1.54, 1.807) is 14.2 Å². The Labute approximate surface area is 176 Å². The average molecular weight is 417 g/mol. The molecule has 0 saturated carbocycles. The molecule has 0 N–H and O–H groups in total. The van der Waals surface area contributed by atoms with Crippen molar-refractivity contribution in [3.8, 4) is 5.88 Å². The predicted molar refractivity (Wildman–Crippen MR) is 117 cm³/mol. The third-order valence-electron chi connectivity index (χ3n) is 4.51. The minimum Gasteiger partial charge on any atom is -0.481 e. The Morgan fingerprint density at radius 1 is 1.28 bits per heavy atom. The number of fused-ring (bicyclic) bond motifs is 1. The molecule has 0 spiro atoms. The lowest BCUT2D eigenvalue weighted by molar-refractivity contribution is -0.127. The summed E-state index contributed by atoms with van der Waals surface area (Å²) in [6.07, 6.45) is 3.65. The number of pyridine rings is 1. The van der Waals surface area contributed by atoms with Crippen molar-refractivity contribution in [1.29, 1.82) is 0 Å². The summed E-state index contributed by atoms with van der Waals surface area (Å²) in [5, 5.41) is 2.29. The Kier molecular flexibility index (Phi) is 9.11. The molecule has 1 aromatic carbocycles.